The quantitative estimate of drug-likeness (QED) is 0.557. The summed E-state index contributed by atoms with van der Waals surface area (Å²) in [5.74, 6) is -1.46. The zero-order valence-electron chi connectivity index (χ0n) is 8.59. The van der Waals surface area contributed by atoms with Crippen molar-refractivity contribution < 1.29 is 14.7 Å². The molecule has 3 N–H and O–H groups in total. The predicted molar refractivity (Wildman–Crippen MR) is 64.0 cm³/mol. The van der Waals surface area contributed by atoms with Gasteiger partial charge in [0.15, 0.2) is 5.78 Å². The normalized spacial score (nSPS) is 13.5. The average molecular weight is 291 g/mol. The number of ketones is 1. The molecular weight excluding hydrogens is 276 g/mol. The highest BCUT2D eigenvalue weighted by atomic mass is 35.6. The van der Waals surface area contributed by atoms with Crippen LogP contribution in [0.25, 0.3) is 0 Å². The van der Waals surface area contributed by atoms with Gasteiger partial charge in [0.1, 0.15) is 6.04 Å². The monoisotopic (exact) mass is 289 g/mol. The van der Waals surface area contributed by atoms with Crippen molar-refractivity contribution >= 4 is 46.6 Å². The van der Waals surface area contributed by atoms with Crippen LogP contribution in [0, 0.1) is 0 Å². The minimum absolute atomic E-state index is 0.179. The molecular formula is C9H14Cl3NO3. The van der Waals surface area contributed by atoms with Crippen LogP contribution >= 0.6 is 34.8 Å². The second kappa shape index (κ2) is 7.33. The Bertz CT molecular complexity index is 253. The number of rotatable bonds is 7. The Morgan fingerprint density at radius 2 is 1.75 bits per heavy atom. The Morgan fingerprint density at radius 1 is 1.19 bits per heavy atom. The molecule has 0 amide bonds. The van der Waals surface area contributed by atoms with Crippen LogP contribution in [0.3, 0.4) is 0 Å². The van der Waals surface area contributed by atoms with Crippen molar-refractivity contribution in [3.8, 4) is 0 Å². The van der Waals surface area contributed by atoms with Crippen LogP contribution in [0.15, 0.2) is 0 Å². The Kier molecular flexibility index (Phi) is 7.31. The third-order valence-corrected chi connectivity index (χ3v) is 2.68. The fourth-order valence-electron chi connectivity index (χ4n) is 1.09. The van der Waals surface area contributed by atoms with E-state index in [1.54, 1.807) is 0 Å². The number of Topliss-reactive ketones (excluding diaryl/α,β-unsaturated/α-hetero) is 1. The predicted octanol–water partition coefficient (Wildman–Crippen LogP) is 2.29. The van der Waals surface area contributed by atoms with E-state index in [2.05, 4.69) is 0 Å². The van der Waals surface area contributed by atoms with E-state index in [4.69, 9.17) is 45.6 Å². The van der Waals surface area contributed by atoms with Gasteiger partial charge in [-0.1, -0.05) is 47.6 Å². The van der Waals surface area contributed by atoms with Crippen LogP contribution < -0.4 is 5.73 Å². The lowest BCUT2D eigenvalue weighted by molar-refractivity contribution is -0.138. The SMILES string of the molecule is N[C@@H](CCCCCC(=O)C(Cl)(Cl)Cl)C(=O)O. The third kappa shape index (κ3) is 7.28. The molecule has 0 aliphatic rings. The van der Waals surface area contributed by atoms with Gasteiger partial charge in [-0.2, -0.15) is 0 Å². The molecule has 0 spiro atoms. The van der Waals surface area contributed by atoms with Gasteiger partial charge in [-0.15, -0.1) is 0 Å². The second-order valence-electron chi connectivity index (χ2n) is 3.47. The van der Waals surface area contributed by atoms with Gasteiger partial charge in [0.25, 0.3) is 0 Å². The van der Waals surface area contributed by atoms with E-state index in [0.29, 0.717) is 25.7 Å². The maximum atomic E-state index is 11.2. The number of carbonyl (C=O) groups excluding carboxylic acids is 1. The van der Waals surface area contributed by atoms with Crippen molar-refractivity contribution in [2.45, 2.75) is 41.9 Å². The highest BCUT2D eigenvalue weighted by Crippen LogP contribution is 2.29. The number of hydrogen-bond acceptors (Lipinski definition) is 3. The molecule has 0 heterocycles. The van der Waals surface area contributed by atoms with Crippen LogP contribution in [-0.4, -0.2) is 26.7 Å². The number of unbranched alkanes of at least 4 members (excludes halogenated alkanes) is 2. The maximum absolute atomic E-state index is 11.2. The van der Waals surface area contributed by atoms with Crippen LogP contribution in [0.2, 0.25) is 0 Å². The second-order valence-corrected chi connectivity index (χ2v) is 5.75. The molecule has 16 heavy (non-hydrogen) atoms. The maximum Gasteiger partial charge on any atom is 0.320 e. The average Bonchev–Trinajstić information content (AvgIpc) is 2.14. The molecule has 1 atom stereocenters. The third-order valence-electron chi connectivity index (χ3n) is 2.05. The minimum Gasteiger partial charge on any atom is -0.480 e. The number of carbonyl (C=O) groups is 2. The van der Waals surface area contributed by atoms with E-state index in [1.807, 2.05) is 0 Å². The molecule has 0 unspecified atom stereocenters. The highest BCUT2D eigenvalue weighted by Gasteiger charge is 2.29. The standard InChI is InChI=1S/C9H14Cl3NO3/c10-9(11,12)7(14)5-3-1-2-4-6(13)8(15)16/h6H,1-5,13H2,(H,15,16)/t6-/m0/s1. The number of alkyl halides is 3. The van der Waals surface area contributed by atoms with Crippen molar-refractivity contribution in [3.63, 3.8) is 0 Å². The smallest absolute Gasteiger partial charge is 0.320 e. The molecule has 0 rings (SSSR count). The van der Waals surface area contributed by atoms with Gasteiger partial charge in [-0.05, 0) is 12.8 Å². The fourth-order valence-corrected chi connectivity index (χ4v) is 1.38. The molecule has 0 aliphatic heterocycles. The largest absolute Gasteiger partial charge is 0.480 e. The first-order valence-electron chi connectivity index (χ1n) is 4.83. The zero-order valence-corrected chi connectivity index (χ0v) is 10.9. The van der Waals surface area contributed by atoms with Crippen molar-refractivity contribution in [1.29, 1.82) is 0 Å². The van der Waals surface area contributed by atoms with Gasteiger partial charge in [0, 0.05) is 6.42 Å². The first-order chi connectivity index (χ1) is 7.25. The summed E-state index contributed by atoms with van der Waals surface area (Å²) >= 11 is 16.1. The molecule has 0 radical (unpaired) electrons. The van der Waals surface area contributed by atoms with Crippen LogP contribution in [0.1, 0.15) is 32.1 Å². The van der Waals surface area contributed by atoms with Crippen molar-refractivity contribution in [2.75, 3.05) is 0 Å². The first kappa shape index (κ1) is 16.0. The highest BCUT2D eigenvalue weighted by molar-refractivity contribution is 6.76. The summed E-state index contributed by atoms with van der Waals surface area (Å²) in [6, 6.07) is -0.844. The Labute approximate surface area is 109 Å². The van der Waals surface area contributed by atoms with Crippen LogP contribution in [0.5, 0.6) is 0 Å². The molecule has 0 saturated heterocycles. The lowest BCUT2D eigenvalue weighted by atomic mass is 10.1. The van der Waals surface area contributed by atoms with Crippen LogP contribution in [0.4, 0.5) is 0 Å². The zero-order chi connectivity index (χ0) is 12.8. The lowest BCUT2D eigenvalue weighted by Gasteiger charge is -2.09. The molecule has 4 nitrogen and oxygen atoms in total. The number of nitrogens with two attached hydrogens (primary N) is 1. The summed E-state index contributed by atoms with van der Waals surface area (Å²) in [5, 5.41) is 8.50. The van der Waals surface area contributed by atoms with Gasteiger partial charge >= 0.3 is 5.97 Å². The van der Waals surface area contributed by atoms with E-state index >= 15 is 0 Å². The Balaban J connectivity index is 3.55. The Hall–Kier alpha value is -0.0300. The molecule has 0 fully saturated rings. The van der Waals surface area contributed by atoms with Crippen molar-refractivity contribution in [1.82, 2.24) is 0 Å². The Morgan fingerprint density at radius 3 is 2.19 bits per heavy atom. The van der Waals surface area contributed by atoms with Gasteiger partial charge in [0.05, 0.1) is 0 Å². The number of carboxylic acid groups (broad SMARTS) is 1. The van der Waals surface area contributed by atoms with E-state index in [9.17, 15) is 9.59 Å². The number of aliphatic carboxylic acids is 1. The summed E-state index contributed by atoms with van der Waals surface area (Å²) in [4.78, 5) is 21.5. The molecule has 0 aromatic carbocycles. The fraction of sp³-hybridized carbons (Fsp3) is 0.778. The lowest BCUT2D eigenvalue weighted by Crippen LogP contribution is -2.29. The molecule has 7 heteroatoms. The van der Waals surface area contributed by atoms with Gasteiger partial charge in [-0.25, -0.2) is 0 Å². The summed E-state index contributed by atoms with van der Waals surface area (Å²) in [7, 11) is 0. The molecule has 0 aromatic heterocycles. The summed E-state index contributed by atoms with van der Waals surface area (Å²) in [5.41, 5.74) is 5.30. The van der Waals surface area contributed by atoms with E-state index in [1.165, 1.54) is 0 Å². The van der Waals surface area contributed by atoms with Gasteiger partial charge < -0.3 is 10.8 Å². The van der Waals surface area contributed by atoms with Crippen molar-refractivity contribution in [3.05, 3.63) is 0 Å². The van der Waals surface area contributed by atoms with Gasteiger partial charge in [-0.3, -0.25) is 9.59 Å². The number of carboxylic acids is 1. The number of halogens is 3. The minimum atomic E-state index is -1.85. The summed E-state index contributed by atoms with van der Waals surface area (Å²) in [6.07, 6.45) is 2.46. The topological polar surface area (TPSA) is 80.4 Å². The van der Waals surface area contributed by atoms with Crippen LogP contribution in [-0.2, 0) is 9.59 Å². The summed E-state index contributed by atoms with van der Waals surface area (Å²) in [6.45, 7) is 0. The van der Waals surface area contributed by atoms with Gasteiger partial charge in [0.2, 0.25) is 3.79 Å². The first-order valence-corrected chi connectivity index (χ1v) is 5.97. The number of hydrogen-bond donors (Lipinski definition) is 2. The van der Waals surface area contributed by atoms with E-state index < -0.39 is 21.6 Å². The molecule has 0 aliphatic carbocycles. The molecule has 94 valence electrons. The van der Waals surface area contributed by atoms with Crippen molar-refractivity contribution in [2.24, 2.45) is 5.73 Å². The van der Waals surface area contributed by atoms with E-state index in [0.717, 1.165) is 0 Å². The summed E-state index contributed by atoms with van der Waals surface area (Å²) < 4.78 is -1.85. The molecule has 0 aromatic rings. The molecule has 0 saturated carbocycles. The van der Waals surface area contributed by atoms with E-state index in [-0.39, 0.29) is 6.42 Å². The molecule has 0 bridgehead atoms.